The number of benzene rings is 1. The monoisotopic (exact) mass is 259 g/mol. The molecule has 6 heteroatoms. The number of guanidine groups is 1. The van der Waals surface area contributed by atoms with Crippen LogP contribution in [-0.2, 0) is 0 Å². The van der Waals surface area contributed by atoms with Crippen LogP contribution in [0.5, 0.6) is 5.75 Å². The SMILES string of the molecule is COc1ccc(Br)c(N=C(N)NO)c1. The molecule has 0 unspecified atom stereocenters. The highest BCUT2D eigenvalue weighted by Crippen LogP contribution is 2.29. The number of hydrogen-bond acceptors (Lipinski definition) is 3. The summed E-state index contributed by atoms with van der Waals surface area (Å²) >= 11 is 3.29. The van der Waals surface area contributed by atoms with Crippen molar-refractivity contribution in [2.24, 2.45) is 10.7 Å². The first-order valence-corrected chi connectivity index (χ1v) is 4.54. The lowest BCUT2D eigenvalue weighted by atomic mass is 10.3. The van der Waals surface area contributed by atoms with Crippen LogP contribution in [0.4, 0.5) is 5.69 Å². The van der Waals surface area contributed by atoms with E-state index in [0.717, 1.165) is 4.47 Å². The summed E-state index contributed by atoms with van der Waals surface area (Å²) in [7, 11) is 1.56. The van der Waals surface area contributed by atoms with Gasteiger partial charge in [-0.2, -0.15) is 0 Å². The Bertz CT molecular complexity index is 354. The molecule has 0 aliphatic heterocycles. The number of rotatable bonds is 2. The van der Waals surface area contributed by atoms with Crippen LogP contribution in [0, 0.1) is 0 Å². The molecule has 0 aromatic heterocycles. The van der Waals surface area contributed by atoms with Gasteiger partial charge in [0.15, 0.2) is 0 Å². The summed E-state index contributed by atoms with van der Waals surface area (Å²) in [6.45, 7) is 0. The molecule has 1 aromatic carbocycles. The molecule has 1 rings (SSSR count). The predicted molar refractivity (Wildman–Crippen MR) is 56.9 cm³/mol. The zero-order valence-corrected chi connectivity index (χ0v) is 9.08. The Kier molecular flexibility index (Phi) is 3.73. The smallest absolute Gasteiger partial charge is 0.218 e. The predicted octanol–water partition coefficient (Wildman–Crippen LogP) is 1.38. The van der Waals surface area contributed by atoms with Crippen molar-refractivity contribution in [3.63, 3.8) is 0 Å². The van der Waals surface area contributed by atoms with Gasteiger partial charge in [-0.15, -0.1) is 0 Å². The van der Waals surface area contributed by atoms with E-state index in [2.05, 4.69) is 20.9 Å². The Labute approximate surface area is 89.7 Å². The van der Waals surface area contributed by atoms with Crippen molar-refractivity contribution in [3.8, 4) is 5.75 Å². The van der Waals surface area contributed by atoms with E-state index in [1.54, 1.807) is 30.8 Å². The van der Waals surface area contributed by atoms with E-state index in [-0.39, 0.29) is 5.96 Å². The van der Waals surface area contributed by atoms with E-state index in [1.807, 2.05) is 0 Å². The van der Waals surface area contributed by atoms with Crippen LogP contribution in [0.3, 0.4) is 0 Å². The lowest BCUT2D eigenvalue weighted by molar-refractivity contribution is 0.233. The van der Waals surface area contributed by atoms with Crippen LogP contribution in [0.2, 0.25) is 0 Å². The Balaban J connectivity index is 3.06. The molecule has 0 saturated carbocycles. The van der Waals surface area contributed by atoms with Gasteiger partial charge in [0.1, 0.15) is 5.75 Å². The van der Waals surface area contributed by atoms with Crippen molar-refractivity contribution in [1.82, 2.24) is 5.48 Å². The molecule has 0 saturated heterocycles. The molecule has 0 atom stereocenters. The first-order chi connectivity index (χ1) is 6.67. The van der Waals surface area contributed by atoms with Gasteiger partial charge in [0.25, 0.3) is 0 Å². The van der Waals surface area contributed by atoms with Gasteiger partial charge in [-0.05, 0) is 28.1 Å². The molecular formula is C8H10BrN3O2. The van der Waals surface area contributed by atoms with Crippen molar-refractivity contribution < 1.29 is 9.94 Å². The average molecular weight is 260 g/mol. The van der Waals surface area contributed by atoms with Gasteiger partial charge < -0.3 is 10.5 Å². The van der Waals surface area contributed by atoms with Crippen molar-refractivity contribution in [2.45, 2.75) is 0 Å². The standard InChI is InChI=1S/C8H10BrN3O2/c1-14-5-2-3-6(9)7(4-5)11-8(10)12-13/h2-4,13H,1H3,(H3,10,11,12). The number of hydroxylamine groups is 1. The summed E-state index contributed by atoms with van der Waals surface area (Å²) < 4.78 is 5.77. The number of aliphatic imine (C=N–C) groups is 1. The molecule has 0 aliphatic rings. The maximum Gasteiger partial charge on any atom is 0.218 e. The fourth-order valence-corrected chi connectivity index (χ4v) is 1.20. The molecule has 5 nitrogen and oxygen atoms in total. The van der Waals surface area contributed by atoms with Crippen LogP contribution in [0.1, 0.15) is 0 Å². The normalized spacial score (nSPS) is 11.2. The van der Waals surface area contributed by atoms with Gasteiger partial charge >= 0.3 is 0 Å². The van der Waals surface area contributed by atoms with Gasteiger partial charge in [0, 0.05) is 10.5 Å². The minimum atomic E-state index is -0.0843. The highest BCUT2D eigenvalue weighted by Gasteiger charge is 2.01. The van der Waals surface area contributed by atoms with Gasteiger partial charge in [0.05, 0.1) is 12.8 Å². The zero-order valence-electron chi connectivity index (χ0n) is 7.49. The van der Waals surface area contributed by atoms with Gasteiger partial charge in [0.2, 0.25) is 5.96 Å². The zero-order chi connectivity index (χ0) is 10.6. The van der Waals surface area contributed by atoms with Crippen LogP contribution in [-0.4, -0.2) is 18.3 Å². The van der Waals surface area contributed by atoms with Crippen molar-refractivity contribution >= 4 is 27.6 Å². The molecule has 0 aliphatic carbocycles. The Morgan fingerprint density at radius 2 is 2.36 bits per heavy atom. The number of halogens is 1. The van der Waals surface area contributed by atoms with Crippen LogP contribution in [0.25, 0.3) is 0 Å². The van der Waals surface area contributed by atoms with Crippen molar-refractivity contribution in [1.29, 1.82) is 0 Å². The number of hydrogen-bond donors (Lipinski definition) is 3. The van der Waals surface area contributed by atoms with Gasteiger partial charge in [-0.1, -0.05) is 0 Å². The van der Waals surface area contributed by atoms with E-state index in [1.165, 1.54) is 0 Å². The van der Waals surface area contributed by atoms with E-state index < -0.39 is 0 Å². The Morgan fingerprint density at radius 3 is 2.93 bits per heavy atom. The van der Waals surface area contributed by atoms with Crippen molar-refractivity contribution in [2.75, 3.05) is 7.11 Å². The second-order valence-corrected chi connectivity index (χ2v) is 3.28. The summed E-state index contributed by atoms with van der Waals surface area (Å²) in [5.41, 5.74) is 7.61. The summed E-state index contributed by atoms with van der Waals surface area (Å²) in [5.74, 6) is 0.580. The maximum atomic E-state index is 8.46. The van der Waals surface area contributed by atoms with Crippen LogP contribution >= 0.6 is 15.9 Å². The third-order valence-corrected chi connectivity index (χ3v) is 2.18. The molecule has 0 radical (unpaired) electrons. The number of nitrogens with zero attached hydrogens (tertiary/aromatic N) is 1. The highest BCUT2D eigenvalue weighted by molar-refractivity contribution is 9.10. The summed E-state index contributed by atoms with van der Waals surface area (Å²) in [6.07, 6.45) is 0. The summed E-state index contributed by atoms with van der Waals surface area (Å²) in [6, 6.07) is 5.25. The first kappa shape index (κ1) is 10.8. The molecular weight excluding hydrogens is 250 g/mol. The van der Waals surface area contributed by atoms with Gasteiger partial charge in [-0.25, -0.2) is 10.5 Å². The topological polar surface area (TPSA) is 79.9 Å². The van der Waals surface area contributed by atoms with E-state index in [9.17, 15) is 0 Å². The minimum Gasteiger partial charge on any atom is -0.497 e. The highest BCUT2D eigenvalue weighted by atomic mass is 79.9. The molecule has 4 N–H and O–H groups in total. The average Bonchev–Trinajstić information content (AvgIpc) is 2.21. The summed E-state index contributed by atoms with van der Waals surface area (Å²) in [5, 5.41) is 8.46. The van der Waals surface area contributed by atoms with E-state index in [4.69, 9.17) is 15.7 Å². The molecule has 1 aromatic rings. The molecule has 14 heavy (non-hydrogen) atoms. The molecule has 0 spiro atoms. The van der Waals surface area contributed by atoms with Crippen LogP contribution in [0.15, 0.2) is 27.7 Å². The van der Waals surface area contributed by atoms with Crippen molar-refractivity contribution in [3.05, 3.63) is 22.7 Å². The number of methoxy groups -OCH3 is 1. The third kappa shape index (κ3) is 2.61. The summed E-state index contributed by atoms with van der Waals surface area (Å²) in [4.78, 5) is 3.89. The lowest BCUT2D eigenvalue weighted by Crippen LogP contribution is -2.27. The van der Waals surface area contributed by atoms with E-state index in [0.29, 0.717) is 11.4 Å². The first-order valence-electron chi connectivity index (χ1n) is 3.75. The maximum absolute atomic E-state index is 8.46. The molecule has 0 heterocycles. The lowest BCUT2D eigenvalue weighted by Gasteiger charge is -2.03. The molecule has 76 valence electrons. The Morgan fingerprint density at radius 1 is 1.64 bits per heavy atom. The minimum absolute atomic E-state index is 0.0843. The number of nitrogens with one attached hydrogen (secondary N) is 1. The quantitative estimate of drug-likeness (QED) is 0.426. The number of nitrogens with two attached hydrogens (primary N) is 1. The second-order valence-electron chi connectivity index (χ2n) is 2.43. The fourth-order valence-electron chi connectivity index (χ4n) is 0.860. The molecule has 0 fully saturated rings. The third-order valence-electron chi connectivity index (χ3n) is 1.51. The fraction of sp³-hybridized carbons (Fsp3) is 0.125. The molecule has 0 amide bonds. The second kappa shape index (κ2) is 4.83. The Hall–Kier alpha value is -1.27. The van der Waals surface area contributed by atoms with Gasteiger partial charge in [-0.3, -0.25) is 5.21 Å². The largest absolute Gasteiger partial charge is 0.497 e. The van der Waals surface area contributed by atoms with Crippen LogP contribution < -0.4 is 16.0 Å². The number of ether oxygens (including phenoxy) is 1. The molecule has 0 bridgehead atoms. The van der Waals surface area contributed by atoms with E-state index >= 15 is 0 Å².